The van der Waals surface area contributed by atoms with Crippen LogP contribution in [0.25, 0.3) is 0 Å². The summed E-state index contributed by atoms with van der Waals surface area (Å²) < 4.78 is 5.51. The first-order valence-electron chi connectivity index (χ1n) is 10.2. The standard InChI is InChI=1S/C22H33N5OS/c1-22(2,3)19-15-29-20(26-19)10-12-24-21(23-4)25-16-11-13-27(14-16)17-8-6-7-9-18(17)28-5/h6-9,15-16H,10-14H2,1-5H3,(H2,23,24,25). The SMILES string of the molecule is CN=C(NCCc1nc(C(C)(C)C)cs1)NC1CCN(c2ccccc2OC)C1. The van der Waals surface area contributed by atoms with Crippen molar-refractivity contribution in [3.8, 4) is 5.75 Å². The lowest BCUT2D eigenvalue weighted by atomic mass is 9.93. The van der Waals surface area contributed by atoms with E-state index in [1.807, 2.05) is 19.2 Å². The first-order chi connectivity index (χ1) is 13.9. The van der Waals surface area contributed by atoms with Gasteiger partial charge in [-0.15, -0.1) is 11.3 Å². The maximum Gasteiger partial charge on any atom is 0.191 e. The number of thiazole rings is 1. The highest BCUT2D eigenvalue weighted by Crippen LogP contribution is 2.30. The van der Waals surface area contributed by atoms with Crippen molar-refractivity contribution in [2.75, 3.05) is 38.7 Å². The highest BCUT2D eigenvalue weighted by Gasteiger charge is 2.25. The second kappa shape index (κ2) is 9.48. The number of nitrogens with zero attached hydrogens (tertiary/aromatic N) is 3. The van der Waals surface area contributed by atoms with Gasteiger partial charge in [-0.3, -0.25) is 4.99 Å². The van der Waals surface area contributed by atoms with Crippen LogP contribution in [0.3, 0.4) is 0 Å². The summed E-state index contributed by atoms with van der Waals surface area (Å²) in [5.74, 6) is 1.78. The molecule has 29 heavy (non-hydrogen) atoms. The van der Waals surface area contributed by atoms with Crippen molar-refractivity contribution in [3.63, 3.8) is 0 Å². The molecule has 2 N–H and O–H groups in total. The summed E-state index contributed by atoms with van der Waals surface area (Å²) in [6, 6.07) is 8.56. The van der Waals surface area contributed by atoms with Gasteiger partial charge in [0.05, 0.1) is 23.5 Å². The third-order valence-corrected chi connectivity index (χ3v) is 6.04. The molecule has 1 fully saturated rings. The Kier molecular flexibility index (Phi) is 7.00. The van der Waals surface area contributed by atoms with Crippen molar-refractivity contribution < 1.29 is 4.74 Å². The molecule has 158 valence electrons. The lowest BCUT2D eigenvalue weighted by molar-refractivity contribution is 0.415. The van der Waals surface area contributed by atoms with Crippen LogP contribution in [0.5, 0.6) is 5.75 Å². The number of para-hydroxylation sites is 2. The topological polar surface area (TPSA) is 61.8 Å². The van der Waals surface area contributed by atoms with Crippen LogP contribution in [0.1, 0.15) is 37.9 Å². The lowest BCUT2D eigenvalue weighted by Gasteiger charge is -2.22. The highest BCUT2D eigenvalue weighted by molar-refractivity contribution is 7.09. The minimum Gasteiger partial charge on any atom is -0.495 e. The number of rotatable bonds is 6. The first-order valence-corrected chi connectivity index (χ1v) is 11.1. The van der Waals surface area contributed by atoms with Crippen molar-refractivity contribution >= 4 is 23.0 Å². The van der Waals surface area contributed by atoms with Crippen LogP contribution in [0.2, 0.25) is 0 Å². The lowest BCUT2D eigenvalue weighted by Crippen LogP contribution is -2.45. The molecule has 0 spiro atoms. The zero-order valence-electron chi connectivity index (χ0n) is 18.2. The number of benzene rings is 1. The van der Waals surface area contributed by atoms with E-state index in [0.29, 0.717) is 6.04 Å². The quantitative estimate of drug-likeness (QED) is 0.559. The van der Waals surface area contributed by atoms with Crippen LogP contribution in [-0.2, 0) is 11.8 Å². The Morgan fingerprint density at radius 3 is 2.83 bits per heavy atom. The summed E-state index contributed by atoms with van der Waals surface area (Å²) in [6.45, 7) is 9.36. The van der Waals surface area contributed by atoms with E-state index in [-0.39, 0.29) is 5.41 Å². The van der Waals surface area contributed by atoms with Gasteiger partial charge in [0.2, 0.25) is 0 Å². The first kappa shape index (κ1) is 21.4. The van der Waals surface area contributed by atoms with Crippen molar-refractivity contribution in [1.82, 2.24) is 15.6 Å². The summed E-state index contributed by atoms with van der Waals surface area (Å²) in [5, 5.41) is 10.3. The number of hydrogen-bond acceptors (Lipinski definition) is 5. The zero-order valence-corrected chi connectivity index (χ0v) is 19.0. The van der Waals surface area contributed by atoms with Gasteiger partial charge in [0, 0.05) is 49.9 Å². The average Bonchev–Trinajstić information content (AvgIpc) is 3.36. The van der Waals surface area contributed by atoms with Gasteiger partial charge >= 0.3 is 0 Å². The fourth-order valence-corrected chi connectivity index (χ4v) is 4.46. The van der Waals surface area contributed by atoms with Gasteiger partial charge < -0.3 is 20.3 Å². The summed E-state index contributed by atoms with van der Waals surface area (Å²) in [7, 11) is 3.55. The minimum absolute atomic E-state index is 0.107. The molecule has 0 amide bonds. The third kappa shape index (κ3) is 5.63. The maximum absolute atomic E-state index is 5.51. The van der Waals surface area contributed by atoms with Crippen LogP contribution >= 0.6 is 11.3 Å². The van der Waals surface area contributed by atoms with E-state index < -0.39 is 0 Å². The molecular weight excluding hydrogens is 382 g/mol. The van der Waals surface area contributed by atoms with Gasteiger partial charge in [-0.25, -0.2) is 4.98 Å². The largest absolute Gasteiger partial charge is 0.495 e. The number of aromatic nitrogens is 1. The van der Waals surface area contributed by atoms with Crippen molar-refractivity contribution in [3.05, 3.63) is 40.3 Å². The van der Waals surface area contributed by atoms with Crippen LogP contribution in [-0.4, -0.2) is 50.8 Å². The van der Waals surface area contributed by atoms with E-state index in [0.717, 1.165) is 49.9 Å². The second-order valence-electron chi connectivity index (χ2n) is 8.37. The molecular formula is C22H33N5OS. The predicted octanol–water partition coefficient (Wildman–Crippen LogP) is 3.44. The molecule has 2 aromatic rings. The van der Waals surface area contributed by atoms with Crippen molar-refractivity contribution in [1.29, 1.82) is 0 Å². The third-order valence-electron chi connectivity index (χ3n) is 5.13. The van der Waals surface area contributed by atoms with E-state index in [4.69, 9.17) is 9.72 Å². The van der Waals surface area contributed by atoms with Gasteiger partial charge in [-0.2, -0.15) is 0 Å². The number of hydrogen-bond donors (Lipinski definition) is 2. The second-order valence-corrected chi connectivity index (χ2v) is 9.32. The number of methoxy groups -OCH3 is 1. The van der Waals surface area contributed by atoms with E-state index in [9.17, 15) is 0 Å². The Morgan fingerprint density at radius 1 is 1.34 bits per heavy atom. The normalized spacial score (nSPS) is 17.5. The van der Waals surface area contributed by atoms with Crippen molar-refractivity contribution in [2.45, 2.75) is 45.1 Å². The average molecular weight is 416 g/mol. The van der Waals surface area contributed by atoms with Gasteiger partial charge in [-0.05, 0) is 18.6 Å². The summed E-state index contributed by atoms with van der Waals surface area (Å²) in [4.78, 5) is 11.5. The van der Waals surface area contributed by atoms with Gasteiger partial charge in [0.25, 0.3) is 0 Å². The molecule has 1 unspecified atom stereocenters. The van der Waals surface area contributed by atoms with E-state index in [2.05, 4.69) is 58.8 Å². The van der Waals surface area contributed by atoms with Crippen LogP contribution < -0.4 is 20.3 Å². The Hall–Kier alpha value is -2.28. The molecule has 0 saturated carbocycles. The molecule has 1 atom stereocenters. The number of nitrogens with one attached hydrogen (secondary N) is 2. The monoisotopic (exact) mass is 415 g/mol. The summed E-state index contributed by atoms with van der Waals surface area (Å²) in [6.07, 6.45) is 1.97. The summed E-state index contributed by atoms with van der Waals surface area (Å²) >= 11 is 1.74. The molecule has 1 saturated heterocycles. The molecule has 1 aliphatic heterocycles. The molecule has 0 bridgehead atoms. The number of aliphatic imine (C=N–C) groups is 1. The molecule has 6 nitrogen and oxygen atoms in total. The van der Waals surface area contributed by atoms with Gasteiger partial charge in [0.15, 0.2) is 5.96 Å². The molecule has 1 aliphatic rings. The number of guanidine groups is 1. The van der Waals surface area contributed by atoms with Crippen LogP contribution in [0.15, 0.2) is 34.6 Å². The van der Waals surface area contributed by atoms with E-state index in [1.54, 1.807) is 18.4 Å². The van der Waals surface area contributed by atoms with Crippen LogP contribution in [0, 0.1) is 0 Å². The van der Waals surface area contributed by atoms with E-state index >= 15 is 0 Å². The molecule has 7 heteroatoms. The Labute approximate surface area is 178 Å². The molecule has 0 radical (unpaired) electrons. The summed E-state index contributed by atoms with van der Waals surface area (Å²) in [5.41, 5.74) is 2.43. The molecule has 1 aromatic heterocycles. The van der Waals surface area contributed by atoms with E-state index in [1.165, 1.54) is 10.7 Å². The molecule has 1 aromatic carbocycles. The Morgan fingerprint density at radius 2 is 2.14 bits per heavy atom. The fourth-order valence-electron chi connectivity index (χ4n) is 3.43. The predicted molar refractivity (Wildman–Crippen MR) is 123 cm³/mol. The minimum atomic E-state index is 0.107. The Bertz CT molecular complexity index is 827. The van der Waals surface area contributed by atoms with Crippen molar-refractivity contribution in [2.24, 2.45) is 4.99 Å². The number of ether oxygens (including phenoxy) is 1. The molecule has 3 rings (SSSR count). The highest BCUT2D eigenvalue weighted by atomic mass is 32.1. The molecule has 0 aliphatic carbocycles. The zero-order chi connectivity index (χ0) is 20.9. The smallest absolute Gasteiger partial charge is 0.191 e. The van der Waals surface area contributed by atoms with Gasteiger partial charge in [-0.1, -0.05) is 32.9 Å². The fraction of sp³-hybridized carbons (Fsp3) is 0.545. The molecule has 2 heterocycles. The maximum atomic E-state index is 5.51. The van der Waals surface area contributed by atoms with Crippen LogP contribution in [0.4, 0.5) is 5.69 Å². The number of anilines is 1. The Balaban J connectivity index is 1.48. The van der Waals surface area contributed by atoms with Gasteiger partial charge in [0.1, 0.15) is 5.75 Å².